The largest absolute Gasteiger partial charge is 0.496 e. The Kier molecular flexibility index (Phi) is 5.82. The molecule has 106 valence electrons. The fraction of sp³-hybridized carbons (Fsp3) is 0.500. The number of rotatable bonds is 5. The molecule has 0 aliphatic carbocycles. The van der Waals surface area contributed by atoms with E-state index in [1.807, 2.05) is 39.0 Å². The van der Waals surface area contributed by atoms with Gasteiger partial charge in [0.15, 0.2) is 0 Å². The van der Waals surface area contributed by atoms with Crippen molar-refractivity contribution in [1.82, 2.24) is 10.6 Å². The molecule has 0 spiro atoms. The molecule has 1 rings (SSSR count). The van der Waals surface area contributed by atoms with Crippen LogP contribution in [0.15, 0.2) is 22.7 Å². The Hall–Kier alpha value is -1.07. The number of hydrogen-bond donors (Lipinski definition) is 2. The summed E-state index contributed by atoms with van der Waals surface area (Å²) in [6.07, 6.45) is 0. The molecule has 2 N–H and O–H groups in total. The third kappa shape index (κ3) is 6.07. The molecule has 0 bridgehead atoms. The highest BCUT2D eigenvalue weighted by molar-refractivity contribution is 9.10. The van der Waals surface area contributed by atoms with Crippen LogP contribution in [0.25, 0.3) is 0 Å². The van der Waals surface area contributed by atoms with Gasteiger partial charge in [0.05, 0.1) is 13.7 Å². The van der Waals surface area contributed by atoms with Crippen LogP contribution in [0.4, 0.5) is 0 Å². The average Bonchev–Trinajstić information content (AvgIpc) is 2.27. The van der Waals surface area contributed by atoms with Crippen molar-refractivity contribution in [2.45, 2.75) is 32.9 Å². The Labute approximate surface area is 123 Å². The number of halogens is 1. The maximum Gasteiger partial charge on any atom is 0.234 e. The molecule has 0 fully saturated rings. The molecule has 1 amide bonds. The van der Waals surface area contributed by atoms with Crippen LogP contribution < -0.4 is 15.4 Å². The lowest BCUT2D eigenvalue weighted by Gasteiger charge is -2.20. The van der Waals surface area contributed by atoms with Gasteiger partial charge in [0.2, 0.25) is 5.91 Å². The van der Waals surface area contributed by atoms with Crippen LogP contribution in [0.1, 0.15) is 26.3 Å². The summed E-state index contributed by atoms with van der Waals surface area (Å²) in [6.45, 7) is 6.75. The van der Waals surface area contributed by atoms with Crippen LogP contribution in [0, 0.1) is 0 Å². The van der Waals surface area contributed by atoms with E-state index in [0.717, 1.165) is 15.8 Å². The summed E-state index contributed by atoms with van der Waals surface area (Å²) < 4.78 is 6.27. The lowest BCUT2D eigenvalue weighted by atomic mass is 10.1. The normalized spacial score (nSPS) is 11.2. The highest BCUT2D eigenvalue weighted by Crippen LogP contribution is 2.22. The van der Waals surface area contributed by atoms with Crippen molar-refractivity contribution >= 4 is 21.8 Å². The number of carbonyl (C=O) groups excluding carboxylic acids is 1. The summed E-state index contributed by atoms with van der Waals surface area (Å²) in [6, 6.07) is 5.80. The zero-order chi connectivity index (χ0) is 14.5. The van der Waals surface area contributed by atoms with E-state index in [2.05, 4.69) is 26.6 Å². The maximum atomic E-state index is 11.7. The van der Waals surface area contributed by atoms with E-state index >= 15 is 0 Å². The van der Waals surface area contributed by atoms with Crippen molar-refractivity contribution in [2.75, 3.05) is 13.7 Å². The highest BCUT2D eigenvalue weighted by atomic mass is 79.9. The zero-order valence-electron chi connectivity index (χ0n) is 11.8. The molecule has 0 aliphatic rings. The molecule has 0 radical (unpaired) electrons. The van der Waals surface area contributed by atoms with E-state index in [0.29, 0.717) is 6.54 Å². The van der Waals surface area contributed by atoms with Gasteiger partial charge in [0, 0.05) is 22.1 Å². The Morgan fingerprint density at radius 1 is 1.37 bits per heavy atom. The zero-order valence-corrected chi connectivity index (χ0v) is 13.4. The summed E-state index contributed by atoms with van der Waals surface area (Å²) >= 11 is 3.42. The Balaban J connectivity index is 2.49. The maximum absolute atomic E-state index is 11.7. The minimum atomic E-state index is -0.202. The molecule has 0 saturated carbocycles. The summed E-state index contributed by atoms with van der Waals surface area (Å²) in [7, 11) is 1.64. The second-order valence-corrected chi connectivity index (χ2v) is 6.27. The predicted molar refractivity (Wildman–Crippen MR) is 80.3 cm³/mol. The van der Waals surface area contributed by atoms with Gasteiger partial charge in [0.25, 0.3) is 0 Å². The fourth-order valence-corrected chi connectivity index (χ4v) is 2.07. The topological polar surface area (TPSA) is 50.4 Å². The van der Waals surface area contributed by atoms with Gasteiger partial charge >= 0.3 is 0 Å². The third-order valence-electron chi connectivity index (χ3n) is 2.36. The second kappa shape index (κ2) is 6.91. The van der Waals surface area contributed by atoms with Gasteiger partial charge in [-0.25, -0.2) is 0 Å². The first-order valence-corrected chi connectivity index (χ1v) is 6.95. The monoisotopic (exact) mass is 328 g/mol. The number of methoxy groups -OCH3 is 1. The number of hydrogen-bond acceptors (Lipinski definition) is 3. The number of amides is 1. The predicted octanol–water partition coefficient (Wildman–Crippen LogP) is 2.46. The third-order valence-corrected chi connectivity index (χ3v) is 2.85. The van der Waals surface area contributed by atoms with Gasteiger partial charge in [0.1, 0.15) is 5.75 Å². The second-order valence-electron chi connectivity index (χ2n) is 5.36. The minimum Gasteiger partial charge on any atom is -0.496 e. The summed E-state index contributed by atoms with van der Waals surface area (Å²) in [5, 5.41) is 6.02. The average molecular weight is 329 g/mol. The molecule has 0 atom stereocenters. The van der Waals surface area contributed by atoms with E-state index in [4.69, 9.17) is 4.74 Å². The number of carbonyl (C=O) groups is 1. The lowest BCUT2D eigenvalue weighted by molar-refractivity contribution is -0.121. The number of ether oxygens (including phenoxy) is 1. The Morgan fingerprint density at radius 3 is 2.63 bits per heavy atom. The first kappa shape index (κ1) is 16.0. The molecule has 19 heavy (non-hydrogen) atoms. The lowest BCUT2D eigenvalue weighted by Crippen LogP contribution is -2.44. The molecule has 0 aliphatic heterocycles. The molecular formula is C14H21BrN2O2. The van der Waals surface area contributed by atoms with Crippen molar-refractivity contribution in [3.05, 3.63) is 28.2 Å². The molecule has 1 aromatic rings. The van der Waals surface area contributed by atoms with Crippen molar-refractivity contribution in [3.8, 4) is 5.75 Å². The van der Waals surface area contributed by atoms with E-state index in [1.165, 1.54) is 0 Å². The van der Waals surface area contributed by atoms with Crippen molar-refractivity contribution in [3.63, 3.8) is 0 Å². The first-order valence-electron chi connectivity index (χ1n) is 6.16. The first-order chi connectivity index (χ1) is 8.81. The SMILES string of the molecule is COc1ccc(Br)cc1CNCC(=O)NC(C)(C)C. The van der Waals surface area contributed by atoms with E-state index in [9.17, 15) is 4.79 Å². The van der Waals surface area contributed by atoms with Crippen LogP contribution in [0.5, 0.6) is 5.75 Å². The van der Waals surface area contributed by atoms with Crippen molar-refractivity contribution < 1.29 is 9.53 Å². The van der Waals surface area contributed by atoms with Gasteiger partial charge in [-0.05, 0) is 39.0 Å². The smallest absolute Gasteiger partial charge is 0.234 e. The molecular weight excluding hydrogens is 308 g/mol. The van der Waals surface area contributed by atoms with Gasteiger partial charge in [-0.2, -0.15) is 0 Å². The number of benzene rings is 1. The molecule has 0 unspecified atom stereocenters. The van der Waals surface area contributed by atoms with E-state index in [1.54, 1.807) is 7.11 Å². The summed E-state index contributed by atoms with van der Waals surface area (Å²) in [5.41, 5.74) is 0.812. The van der Waals surface area contributed by atoms with Crippen LogP contribution >= 0.6 is 15.9 Å². The minimum absolute atomic E-state index is 0.0125. The summed E-state index contributed by atoms with van der Waals surface area (Å²) in [5.74, 6) is 0.799. The molecule has 1 aromatic carbocycles. The molecule has 4 nitrogen and oxygen atoms in total. The van der Waals surface area contributed by atoms with E-state index in [-0.39, 0.29) is 18.0 Å². The molecule has 0 aromatic heterocycles. The van der Waals surface area contributed by atoms with Gasteiger partial charge in [-0.3, -0.25) is 4.79 Å². The van der Waals surface area contributed by atoms with Gasteiger partial charge in [-0.1, -0.05) is 15.9 Å². The van der Waals surface area contributed by atoms with Gasteiger partial charge < -0.3 is 15.4 Å². The summed E-state index contributed by atoms with van der Waals surface area (Å²) in [4.78, 5) is 11.7. The Bertz CT molecular complexity index is 442. The van der Waals surface area contributed by atoms with Crippen molar-refractivity contribution in [1.29, 1.82) is 0 Å². The molecule has 5 heteroatoms. The van der Waals surface area contributed by atoms with Crippen LogP contribution in [-0.4, -0.2) is 25.1 Å². The van der Waals surface area contributed by atoms with Gasteiger partial charge in [-0.15, -0.1) is 0 Å². The van der Waals surface area contributed by atoms with Crippen LogP contribution in [0.3, 0.4) is 0 Å². The number of nitrogens with one attached hydrogen (secondary N) is 2. The highest BCUT2D eigenvalue weighted by Gasteiger charge is 2.13. The fourth-order valence-electron chi connectivity index (χ4n) is 1.66. The standard InChI is InChI=1S/C14H21BrN2O2/c1-14(2,3)17-13(18)9-16-8-10-7-11(15)5-6-12(10)19-4/h5-7,16H,8-9H2,1-4H3,(H,17,18). The molecule has 0 heterocycles. The van der Waals surface area contributed by atoms with Crippen LogP contribution in [-0.2, 0) is 11.3 Å². The van der Waals surface area contributed by atoms with E-state index < -0.39 is 0 Å². The van der Waals surface area contributed by atoms with Crippen LogP contribution in [0.2, 0.25) is 0 Å². The quantitative estimate of drug-likeness (QED) is 0.872. The Morgan fingerprint density at radius 2 is 2.05 bits per heavy atom. The van der Waals surface area contributed by atoms with Crippen molar-refractivity contribution in [2.24, 2.45) is 0 Å². The molecule has 0 saturated heterocycles.